The van der Waals surface area contributed by atoms with Gasteiger partial charge in [-0.15, -0.1) is 11.6 Å². The Balaban J connectivity index is 0. The van der Waals surface area contributed by atoms with Crippen molar-refractivity contribution in [3.8, 4) is 0 Å². The molecule has 2 unspecified atom stereocenters. The minimum absolute atomic E-state index is 0.0458. The van der Waals surface area contributed by atoms with Crippen molar-refractivity contribution < 1.29 is 14.6 Å². The fourth-order valence-corrected chi connectivity index (χ4v) is 0.964. The van der Waals surface area contributed by atoms with E-state index < -0.39 is 11.5 Å². The lowest BCUT2D eigenvalue weighted by Crippen LogP contribution is -2.50. The fourth-order valence-electron chi connectivity index (χ4n) is 0.716. The van der Waals surface area contributed by atoms with Crippen LogP contribution in [-0.2, 0) is 4.79 Å². The maximum absolute atomic E-state index is 10.6. The maximum Gasteiger partial charge on any atom is 0.324 e. The van der Waals surface area contributed by atoms with Crippen molar-refractivity contribution in [3.63, 3.8) is 0 Å². The van der Waals surface area contributed by atoms with Crippen LogP contribution < -0.4 is 11.5 Å². The molecule has 5 nitrogen and oxygen atoms in total. The van der Waals surface area contributed by atoms with E-state index in [2.05, 4.69) is 11.9 Å². The van der Waals surface area contributed by atoms with Gasteiger partial charge in [-0.05, 0) is 19.8 Å². The van der Waals surface area contributed by atoms with E-state index in [4.69, 9.17) is 32.8 Å². The molecule has 2 atom stereocenters. The summed E-state index contributed by atoms with van der Waals surface area (Å²) in [5, 5.41) is 8.70. The van der Waals surface area contributed by atoms with Crippen molar-refractivity contribution in [2.45, 2.75) is 31.3 Å². The van der Waals surface area contributed by atoms with Gasteiger partial charge >= 0.3 is 5.97 Å². The predicted octanol–water partition coefficient (Wildman–Crippen LogP) is 0.267. The second-order valence-corrected chi connectivity index (χ2v) is 3.38. The molecule has 0 saturated heterocycles. The Morgan fingerprint density at radius 1 is 1.57 bits per heavy atom. The Morgan fingerprint density at radius 2 is 2.00 bits per heavy atom. The standard InChI is InChI=1S/C7H15ClN2O2.ClHO/c1-5(9)2-3-7(10,4-8)6(11)12;1-2/h5H,2-4,9-10H2,1H3,(H,11,12);2H. The summed E-state index contributed by atoms with van der Waals surface area (Å²) in [5.41, 5.74) is 9.64. The summed E-state index contributed by atoms with van der Waals surface area (Å²) in [7, 11) is 0. The lowest BCUT2D eigenvalue weighted by Gasteiger charge is -2.22. The topological polar surface area (TPSA) is 110 Å². The molecule has 0 heterocycles. The van der Waals surface area contributed by atoms with Crippen molar-refractivity contribution in [1.29, 1.82) is 0 Å². The third kappa shape index (κ3) is 6.39. The summed E-state index contributed by atoms with van der Waals surface area (Å²) < 4.78 is 6.47. The quantitative estimate of drug-likeness (QED) is 0.521. The summed E-state index contributed by atoms with van der Waals surface area (Å²) in [6, 6.07) is -0.0458. The van der Waals surface area contributed by atoms with Gasteiger partial charge < -0.3 is 16.6 Å². The van der Waals surface area contributed by atoms with Gasteiger partial charge in [0.1, 0.15) is 5.54 Å². The van der Waals surface area contributed by atoms with Gasteiger partial charge in [0.15, 0.2) is 0 Å². The summed E-state index contributed by atoms with van der Waals surface area (Å²) in [4.78, 5) is 10.6. The molecule has 0 saturated carbocycles. The van der Waals surface area contributed by atoms with Gasteiger partial charge in [0, 0.05) is 6.04 Å². The average molecular weight is 247 g/mol. The van der Waals surface area contributed by atoms with Crippen LogP contribution in [0.1, 0.15) is 19.8 Å². The van der Waals surface area contributed by atoms with E-state index in [1.165, 1.54) is 0 Å². The second kappa shape index (κ2) is 8.26. The monoisotopic (exact) mass is 246 g/mol. The van der Waals surface area contributed by atoms with E-state index in [0.717, 1.165) is 0 Å². The Bertz CT molecular complexity index is 169. The van der Waals surface area contributed by atoms with Crippen LogP contribution in [0, 0.1) is 0 Å². The van der Waals surface area contributed by atoms with E-state index in [0.29, 0.717) is 12.8 Å². The number of hydrogen-bond donors (Lipinski definition) is 4. The average Bonchev–Trinajstić information content (AvgIpc) is 2.17. The number of aliphatic carboxylic acids is 1. The molecule has 0 aliphatic carbocycles. The molecule has 0 radical (unpaired) electrons. The van der Waals surface area contributed by atoms with Gasteiger partial charge in [0.2, 0.25) is 0 Å². The third-order valence-electron chi connectivity index (χ3n) is 1.71. The highest BCUT2D eigenvalue weighted by atomic mass is 35.5. The number of carboxylic acid groups (broad SMARTS) is 1. The van der Waals surface area contributed by atoms with E-state index in [1.807, 2.05) is 0 Å². The molecule has 14 heavy (non-hydrogen) atoms. The van der Waals surface area contributed by atoms with Crippen molar-refractivity contribution in [1.82, 2.24) is 0 Å². The Morgan fingerprint density at radius 3 is 2.21 bits per heavy atom. The smallest absolute Gasteiger partial charge is 0.324 e. The van der Waals surface area contributed by atoms with Gasteiger partial charge in [-0.3, -0.25) is 9.45 Å². The summed E-state index contributed by atoms with van der Waals surface area (Å²) in [5.74, 6) is -1.16. The fraction of sp³-hybridized carbons (Fsp3) is 0.857. The van der Waals surface area contributed by atoms with Gasteiger partial charge in [0.05, 0.1) is 17.7 Å². The molecule has 0 rings (SSSR count). The molecule has 0 bridgehead atoms. The predicted molar refractivity (Wildman–Crippen MR) is 56.2 cm³/mol. The van der Waals surface area contributed by atoms with Crippen LogP contribution in [0.2, 0.25) is 0 Å². The summed E-state index contributed by atoms with van der Waals surface area (Å²) in [6.45, 7) is 1.80. The molecular weight excluding hydrogens is 231 g/mol. The number of alkyl halides is 1. The number of hydrogen-bond acceptors (Lipinski definition) is 4. The number of halogens is 2. The SMILES string of the molecule is CC(N)CCC(N)(CCl)C(=O)O.OCl. The van der Waals surface area contributed by atoms with Crippen molar-refractivity contribution >= 4 is 29.4 Å². The van der Waals surface area contributed by atoms with E-state index >= 15 is 0 Å². The van der Waals surface area contributed by atoms with E-state index in [-0.39, 0.29) is 11.9 Å². The molecule has 7 heteroatoms. The zero-order valence-electron chi connectivity index (χ0n) is 7.91. The molecule has 0 aliphatic rings. The van der Waals surface area contributed by atoms with Crippen LogP contribution >= 0.6 is 23.5 Å². The lowest BCUT2D eigenvalue weighted by atomic mass is 9.95. The number of nitrogens with two attached hydrogens (primary N) is 2. The van der Waals surface area contributed by atoms with Gasteiger partial charge in [0.25, 0.3) is 0 Å². The number of carbonyl (C=O) groups is 1. The first-order valence-corrected chi connectivity index (χ1v) is 4.80. The van der Waals surface area contributed by atoms with Crippen LogP contribution in [0.3, 0.4) is 0 Å². The van der Waals surface area contributed by atoms with Crippen LogP contribution in [-0.4, -0.2) is 33.2 Å². The third-order valence-corrected chi connectivity index (χ3v) is 2.19. The highest BCUT2D eigenvalue weighted by Crippen LogP contribution is 2.13. The zero-order valence-corrected chi connectivity index (χ0v) is 9.42. The van der Waals surface area contributed by atoms with Crippen LogP contribution in [0.5, 0.6) is 0 Å². The largest absolute Gasteiger partial charge is 0.480 e. The van der Waals surface area contributed by atoms with Gasteiger partial charge in [-0.25, -0.2) is 0 Å². The van der Waals surface area contributed by atoms with Gasteiger partial charge in [-0.2, -0.15) is 0 Å². The number of carboxylic acids is 1. The highest BCUT2D eigenvalue weighted by Gasteiger charge is 2.32. The molecule has 86 valence electrons. The highest BCUT2D eigenvalue weighted by molar-refractivity contribution is 6.20. The zero-order chi connectivity index (χ0) is 11.8. The van der Waals surface area contributed by atoms with Gasteiger partial charge in [-0.1, -0.05) is 0 Å². The van der Waals surface area contributed by atoms with Crippen LogP contribution in [0.4, 0.5) is 0 Å². The van der Waals surface area contributed by atoms with E-state index in [1.54, 1.807) is 6.92 Å². The molecule has 0 aromatic heterocycles. The minimum Gasteiger partial charge on any atom is -0.480 e. The van der Waals surface area contributed by atoms with Crippen LogP contribution in [0.15, 0.2) is 0 Å². The van der Waals surface area contributed by atoms with E-state index in [9.17, 15) is 4.79 Å². The first kappa shape index (κ1) is 16.4. The first-order chi connectivity index (χ1) is 6.42. The Kier molecular flexibility index (Phi) is 9.65. The Hall–Kier alpha value is -0.0700. The molecule has 0 aliphatic heterocycles. The minimum atomic E-state index is -1.32. The normalized spacial score (nSPS) is 16.1. The summed E-state index contributed by atoms with van der Waals surface area (Å²) >= 11 is 9.08. The second-order valence-electron chi connectivity index (χ2n) is 3.11. The van der Waals surface area contributed by atoms with Crippen molar-refractivity contribution in [2.75, 3.05) is 5.88 Å². The summed E-state index contributed by atoms with van der Waals surface area (Å²) in [6.07, 6.45) is 0.874. The van der Waals surface area contributed by atoms with Crippen LogP contribution in [0.25, 0.3) is 0 Å². The first-order valence-electron chi connectivity index (χ1n) is 3.93. The molecule has 0 spiro atoms. The molecule has 0 amide bonds. The van der Waals surface area contributed by atoms with Crippen molar-refractivity contribution in [3.05, 3.63) is 0 Å². The lowest BCUT2D eigenvalue weighted by molar-refractivity contribution is -0.142. The molecular formula is C7H16Cl2N2O3. The maximum atomic E-state index is 10.6. The molecule has 0 aromatic carbocycles. The molecule has 6 N–H and O–H groups in total. The number of rotatable bonds is 5. The molecule has 0 fully saturated rings. The molecule has 0 aromatic rings. The van der Waals surface area contributed by atoms with Crippen molar-refractivity contribution in [2.24, 2.45) is 11.5 Å². The Labute approximate surface area is 93.1 Å².